The zero-order valence-electron chi connectivity index (χ0n) is 9.49. The van der Waals surface area contributed by atoms with E-state index in [9.17, 15) is 9.59 Å². The van der Waals surface area contributed by atoms with Crippen molar-refractivity contribution in [2.75, 3.05) is 0 Å². The molecule has 0 bridgehead atoms. The number of carboxylic acid groups (broad SMARTS) is 1. The molecule has 0 saturated carbocycles. The van der Waals surface area contributed by atoms with E-state index in [0.29, 0.717) is 0 Å². The average molecular weight is 231 g/mol. The molecule has 0 atom stereocenters. The summed E-state index contributed by atoms with van der Waals surface area (Å²) in [5, 5.41) is 9.55. The number of fused-ring (bicyclic) bond motifs is 1. The third-order valence-electron chi connectivity index (χ3n) is 2.74. The smallest absolute Gasteiger partial charge is 0.308 e. The van der Waals surface area contributed by atoms with Crippen molar-refractivity contribution in [2.24, 2.45) is 0 Å². The Kier molecular flexibility index (Phi) is 2.95. The fourth-order valence-corrected chi connectivity index (χ4v) is 1.81. The summed E-state index contributed by atoms with van der Waals surface area (Å²) in [6.07, 6.45) is 0.648. The van der Waals surface area contributed by atoms with Crippen molar-refractivity contribution in [3.05, 3.63) is 45.7 Å². The summed E-state index contributed by atoms with van der Waals surface area (Å²) in [6.45, 7) is 2.04. The van der Waals surface area contributed by atoms with Crippen molar-refractivity contribution in [1.82, 2.24) is 4.98 Å². The number of benzene rings is 1. The number of H-pyrrole nitrogens is 1. The molecule has 2 N–H and O–H groups in total. The monoisotopic (exact) mass is 231 g/mol. The van der Waals surface area contributed by atoms with Gasteiger partial charge in [-0.25, -0.2) is 0 Å². The van der Waals surface area contributed by atoms with Gasteiger partial charge >= 0.3 is 5.97 Å². The second kappa shape index (κ2) is 4.41. The van der Waals surface area contributed by atoms with Crippen LogP contribution in [0, 0.1) is 0 Å². The van der Waals surface area contributed by atoms with Crippen LogP contribution in [0.2, 0.25) is 0 Å². The molecule has 1 aromatic heterocycles. The lowest BCUT2D eigenvalue weighted by Crippen LogP contribution is -2.15. The van der Waals surface area contributed by atoms with Crippen molar-refractivity contribution < 1.29 is 9.90 Å². The molecule has 17 heavy (non-hydrogen) atoms. The van der Waals surface area contributed by atoms with Crippen LogP contribution in [0.4, 0.5) is 0 Å². The highest BCUT2D eigenvalue weighted by Gasteiger charge is 2.07. The SMILES string of the molecule is CCc1ccc2cc(CC(=O)O)c(=O)[nH]c2c1. The molecule has 2 rings (SSSR count). The van der Waals surface area contributed by atoms with Crippen molar-refractivity contribution in [1.29, 1.82) is 0 Å². The van der Waals surface area contributed by atoms with Gasteiger partial charge in [-0.2, -0.15) is 0 Å². The van der Waals surface area contributed by atoms with Crippen LogP contribution >= 0.6 is 0 Å². The molecule has 0 spiro atoms. The van der Waals surface area contributed by atoms with E-state index in [1.807, 2.05) is 25.1 Å². The van der Waals surface area contributed by atoms with Gasteiger partial charge in [-0.1, -0.05) is 19.1 Å². The van der Waals surface area contributed by atoms with E-state index in [0.717, 1.165) is 22.9 Å². The maximum Gasteiger partial charge on any atom is 0.308 e. The number of aliphatic carboxylic acids is 1. The number of aromatic nitrogens is 1. The number of pyridine rings is 1. The average Bonchev–Trinajstić information content (AvgIpc) is 2.29. The maximum atomic E-state index is 11.6. The summed E-state index contributed by atoms with van der Waals surface area (Å²) in [7, 11) is 0. The number of carbonyl (C=O) groups is 1. The molecule has 0 radical (unpaired) electrons. The van der Waals surface area contributed by atoms with Crippen LogP contribution in [0.5, 0.6) is 0 Å². The summed E-state index contributed by atoms with van der Waals surface area (Å²) in [6, 6.07) is 7.43. The fraction of sp³-hybridized carbons (Fsp3) is 0.231. The molecule has 0 fully saturated rings. The lowest BCUT2D eigenvalue weighted by Gasteiger charge is -2.03. The second-order valence-electron chi connectivity index (χ2n) is 3.97. The quantitative estimate of drug-likeness (QED) is 0.844. The molecule has 0 unspecified atom stereocenters. The van der Waals surface area contributed by atoms with Crippen LogP contribution in [0.3, 0.4) is 0 Å². The molecule has 4 nitrogen and oxygen atoms in total. The van der Waals surface area contributed by atoms with Gasteiger partial charge in [-0.3, -0.25) is 9.59 Å². The summed E-state index contributed by atoms with van der Waals surface area (Å²) >= 11 is 0. The van der Waals surface area contributed by atoms with E-state index >= 15 is 0 Å². The topological polar surface area (TPSA) is 70.2 Å². The zero-order valence-corrected chi connectivity index (χ0v) is 9.49. The van der Waals surface area contributed by atoms with Gasteiger partial charge in [-0.15, -0.1) is 0 Å². The number of aryl methyl sites for hydroxylation is 1. The molecule has 0 aliphatic heterocycles. The number of aromatic amines is 1. The number of hydrogen-bond acceptors (Lipinski definition) is 2. The zero-order chi connectivity index (χ0) is 12.4. The Morgan fingerprint density at radius 3 is 2.76 bits per heavy atom. The lowest BCUT2D eigenvalue weighted by atomic mass is 10.1. The van der Waals surface area contributed by atoms with Gasteiger partial charge in [0.2, 0.25) is 0 Å². The van der Waals surface area contributed by atoms with Gasteiger partial charge in [0.25, 0.3) is 5.56 Å². The number of nitrogens with one attached hydrogen (secondary N) is 1. The van der Waals surface area contributed by atoms with E-state index in [2.05, 4.69) is 4.98 Å². The third kappa shape index (κ3) is 2.36. The Morgan fingerprint density at radius 2 is 2.12 bits per heavy atom. The van der Waals surface area contributed by atoms with E-state index in [1.54, 1.807) is 6.07 Å². The molecule has 1 heterocycles. The van der Waals surface area contributed by atoms with Gasteiger partial charge in [-0.05, 0) is 29.5 Å². The number of hydrogen-bond donors (Lipinski definition) is 2. The van der Waals surface area contributed by atoms with Crippen LogP contribution in [-0.4, -0.2) is 16.1 Å². The van der Waals surface area contributed by atoms with Gasteiger partial charge in [0.05, 0.1) is 6.42 Å². The summed E-state index contributed by atoms with van der Waals surface area (Å²) < 4.78 is 0. The minimum atomic E-state index is -1.000. The molecule has 4 heteroatoms. The Balaban J connectivity index is 2.58. The van der Waals surface area contributed by atoms with E-state index in [-0.39, 0.29) is 17.5 Å². The molecule has 0 aliphatic rings. The molecule has 88 valence electrons. The minimum Gasteiger partial charge on any atom is -0.481 e. The second-order valence-corrected chi connectivity index (χ2v) is 3.97. The fourth-order valence-electron chi connectivity index (χ4n) is 1.81. The largest absolute Gasteiger partial charge is 0.481 e. The van der Waals surface area contributed by atoms with Crippen LogP contribution in [0.15, 0.2) is 29.1 Å². The summed E-state index contributed by atoms with van der Waals surface area (Å²) in [4.78, 5) is 25.0. The number of rotatable bonds is 3. The lowest BCUT2D eigenvalue weighted by molar-refractivity contribution is -0.136. The van der Waals surface area contributed by atoms with Gasteiger partial charge in [0, 0.05) is 11.1 Å². The first-order chi connectivity index (χ1) is 8.10. The van der Waals surface area contributed by atoms with Gasteiger partial charge in [0.15, 0.2) is 0 Å². The molecular formula is C13H13NO3. The normalized spacial score (nSPS) is 10.6. The maximum absolute atomic E-state index is 11.6. The summed E-state index contributed by atoms with van der Waals surface area (Å²) in [5.41, 5.74) is 1.85. The Bertz CT molecular complexity index is 628. The van der Waals surface area contributed by atoms with Gasteiger partial charge in [0.1, 0.15) is 0 Å². The molecule has 0 amide bonds. The van der Waals surface area contributed by atoms with Crippen molar-refractivity contribution in [3.63, 3.8) is 0 Å². The molecule has 0 aliphatic carbocycles. The van der Waals surface area contributed by atoms with Crippen molar-refractivity contribution in [2.45, 2.75) is 19.8 Å². The van der Waals surface area contributed by atoms with Crippen LogP contribution < -0.4 is 5.56 Å². The van der Waals surface area contributed by atoms with Crippen molar-refractivity contribution >= 4 is 16.9 Å². The molecule has 0 saturated heterocycles. The van der Waals surface area contributed by atoms with Crippen LogP contribution in [0.1, 0.15) is 18.1 Å². The van der Waals surface area contributed by atoms with E-state index in [1.165, 1.54) is 0 Å². The highest BCUT2D eigenvalue weighted by atomic mass is 16.4. The minimum absolute atomic E-state index is 0.249. The number of carboxylic acids is 1. The predicted octanol–water partition coefficient (Wildman–Crippen LogP) is 1.72. The highest BCUT2D eigenvalue weighted by Crippen LogP contribution is 2.14. The first-order valence-corrected chi connectivity index (χ1v) is 5.47. The van der Waals surface area contributed by atoms with Crippen LogP contribution in [-0.2, 0) is 17.6 Å². The Morgan fingerprint density at radius 1 is 1.35 bits per heavy atom. The Labute approximate surface area is 97.9 Å². The van der Waals surface area contributed by atoms with Crippen LogP contribution in [0.25, 0.3) is 10.9 Å². The van der Waals surface area contributed by atoms with E-state index < -0.39 is 5.97 Å². The summed E-state index contributed by atoms with van der Waals surface area (Å²) in [5.74, 6) is -1.000. The predicted molar refractivity (Wildman–Crippen MR) is 65.3 cm³/mol. The molecule has 2 aromatic rings. The Hall–Kier alpha value is -2.10. The highest BCUT2D eigenvalue weighted by molar-refractivity contribution is 5.81. The van der Waals surface area contributed by atoms with Gasteiger partial charge < -0.3 is 10.1 Å². The van der Waals surface area contributed by atoms with Crippen molar-refractivity contribution in [3.8, 4) is 0 Å². The molecule has 1 aromatic carbocycles. The van der Waals surface area contributed by atoms with E-state index in [4.69, 9.17) is 5.11 Å². The first-order valence-electron chi connectivity index (χ1n) is 5.47. The molecular weight excluding hydrogens is 218 g/mol. The third-order valence-corrected chi connectivity index (χ3v) is 2.74. The standard InChI is InChI=1S/C13H13NO3/c1-2-8-3-4-9-6-10(7-12(15)16)13(17)14-11(9)5-8/h3-6H,2,7H2,1H3,(H,14,17)(H,15,16). The first kappa shape index (κ1) is 11.4.